The van der Waals surface area contributed by atoms with E-state index >= 15 is 0 Å². The standard InChI is InChI=1S/C16H23N7O/c1-21-15(4-6-18-21)22-7-2-3-13(10-22)19-16(24)23-8-5-12-9-17-20-14(12)11-23/h4,6,9,13H,2-3,5,7-8,10-11H2,1H3,(H,17,20)(H,19,24). The first-order valence-electron chi connectivity index (χ1n) is 8.50. The van der Waals surface area contributed by atoms with Gasteiger partial charge in [-0.3, -0.25) is 9.78 Å². The van der Waals surface area contributed by atoms with Crippen molar-refractivity contribution in [3.63, 3.8) is 0 Å². The molecule has 1 unspecified atom stereocenters. The normalized spacial score (nSPS) is 20.8. The van der Waals surface area contributed by atoms with Crippen LogP contribution in [0.5, 0.6) is 0 Å². The highest BCUT2D eigenvalue weighted by molar-refractivity contribution is 5.75. The number of H-pyrrole nitrogens is 1. The van der Waals surface area contributed by atoms with Gasteiger partial charge in [-0.15, -0.1) is 0 Å². The maximum atomic E-state index is 12.6. The maximum absolute atomic E-state index is 12.6. The number of rotatable bonds is 2. The Labute approximate surface area is 140 Å². The number of fused-ring (bicyclic) bond motifs is 1. The molecule has 8 nitrogen and oxygen atoms in total. The molecule has 0 aliphatic carbocycles. The Morgan fingerprint density at radius 1 is 1.42 bits per heavy atom. The molecule has 0 radical (unpaired) electrons. The zero-order valence-electron chi connectivity index (χ0n) is 13.9. The second-order valence-corrected chi connectivity index (χ2v) is 6.59. The maximum Gasteiger partial charge on any atom is 0.318 e. The van der Waals surface area contributed by atoms with Gasteiger partial charge in [-0.1, -0.05) is 0 Å². The Hall–Kier alpha value is -2.51. The molecule has 4 rings (SSSR count). The van der Waals surface area contributed by atoms with Crippen LogP contribution in [-0.2, 0) is 20.0 Å². The van der Waals surface area contributed by atoms with Crippen LogP contribution < -0.4 is 10.2 Å². The van der Waals surface area contributed by atoms with Crippen LogP contribution in [0.4, 0.5) is 10.6 Å². The van der Waals surface area contributed by atoms with Crippen LogP contribution in [0.15, 0.2) is 18.5 Å². The number of carbonyl (C=O) groups is 1. The molecule has 8 heteroatoms. The Balaban J connectivity index is 1.37. The Kier molecular flexibility index (Phi) is 3.87. The lowest BCUT2D eigenvalue weighted by molar-refractivity contribution is 0.186. The lowest BCUT2D eigenvalue weighted by atomic mass is 10.1. The summed E-state index contributed by atoms with van der Waals surface area (Å²) in [6, 6.07) is 2.21. The van der Waals surface area contributed by atoms with Gasteiger partial charge in [0.2, 0.25) is 0 Å². The molecule has 0 spiro atoms. The summed E-state index contributed by atoms with van der Waals surface area (Å²) in [5.74, 6) is 1.11. The summed E-state index contributed by atoms with van der Waals surface area (Å²) in [7, 11) is 1.95. The number of piperidine rings is 1. The van der Waals surface area contributed by atoms with Crippen molar-refractivity contribution in [1.29, 1.82) is 0 Å². The molecule has 2 aromatic heterocycles. The van der Waals surface area contributed by atoms with Crippen molar-refractivity contribution in [2.45, 2.75) is 31.8 Å². The number of aryl methyl sites for hydroxylation is 1. The van der Waals surface area contributed by atoms with Crippen LogP contribution in [0.25, 0.3) is 0 Å². The first-order valence-corrected chi connectivity index (χ1v) is 8.50. The van der Waals surface area contributed by atoms with E-state index in [2.05, 4.69) is 25.5 Å². The first-order chi connectivity index (χ1) is 11.7. The van der Waals surface area contributed by atoms with Crippen molar-refractivity contribution >= 4 is 11.8 Å². The van der Waals surface area contributed by atoms with Crippen molar-refractivity contribution in [3.05, 3.63) is 29.7 Å². The second kappa shape index (κ2) is 6.18. The molecule has 128 valence electrons. The monoisotopic (exact) mass is 329 g/mol. The minimum absolute atomic E-state index is 0.0205. The average molecular weight is 329 g/mol. The number of aromatic nitrogens is 4. The molecular formula is C16H23N7O. The fourth-order valence-electron chi connectivity index (χ4n) is 3.63. The Morgan fingerprint density at radius 2 is 2.33 bits per heavy atom. The van der Waals surface area contributed by atoms with E-state index in [4.69, 9.17) is 0 Å². The zero-order valence-corrected chi connectivity index (χ0v) is 13.9. The fraction of sp³-hybridized carbons (Fsp3) is 0.562. The largest absolute Gasteiger partial charge is 0.355 e. The average Bonchev–Trinajstić information content (AvgIpc) is 3.22. The van der Waals surface area contributed by atoms with E-state index in [0.29, 0.717) is 6.54 Å². The molecule has 2 N–H and O–H groups in total. The van der Waals surface area contributed by atoms with Gasteiger partial charge in [0.1, 0.15) is 5.82 Å². The number of hydrogen-bond donors (Lipinski definition) is 2. The van der Waals surface area contributed by atoms with Crippen LogP contribution in [0, 0.1) is 0 Å². The zero-order chi connectivity index (χ0) is 16.5. The number of urea groups is 1. The van der Waals surface area contributed by atoms with Crippen molar-refractivity contribution in [2.24, 2.45) is 7.05 Å². The van der Waals surface area contributed by atoms with E-state index in [1.807, 2.05) is 35.1 Å². The summed E-state index contributed by atoms with van der Waals surface area (Å²) in [6.07, 6.45) is 6.62. The summed E-state index contributed by atoms with van der Waals surface area (Å²) in [6.45, 7) is 3.19. The third kappa shape index (κ3) is 2.83. The third-order valence-corrected chi connectivity index (χ3v) is 4.96. The SMILES string of the molecule is Cn1nccc1N1CCCC(NC(=O)N2CCc3cn[nH]c3C2)C1. The third-order valence-electron chi connectivity index (χ3n) is 4.96. The molecule has 2 aromatic rings. The number of amides is 2. The van der Waals surface area contributed by atoms with Crippen LogP contribution in [0.2, 0.25) is 0 Å². The Bertz CT molecular complexity index is 722. The van der Waals surface area contributed by atoms with Gasteiger partial charge in [0.15, 0.2) is 0 Å². The van der Waals surface area contributed by atoms with Crippen LogP contribution in [0.1, 0.15) is 24.1 Å². The van der Waals surface area contributed by atoms with Gasteiger partial charge < -0.3 is 15.1 Å². The summed E-state index contributed by atoms with van der Waals surface area (Å²) in [4.78, 5) is 16.8. The molecule has 24 heavy (non-hydrogen) atoms. The van der Waals surface area contributed by atoms with Crippen molar-refractivity contribution in [3.8, 4) is 0 Å². The van der Waals surface area contributed by atoms with Gasteiger partial charge in [0, 0.05) is 38.8 Å². The number of nitrogens with one attached hydrogen (secondary N) is 2. The molecule has 1 saturated heterocycles. The lowest BCUT2D eigenvalue weighted by Gasteiger charge is -2.36. The van der Waals surface area contributed by atoms with Gasteiger partial charge in [-0.2, -0.15) is 10.2 Å². The summed E-state index contributed by atoms with van der Waals surface area (Å²) >= 11 is 0. The van der Waals surface area contributed by atoms with Gasteiger partial charge in [0.25, 0.3) is 0 Å². The van der Waals surface area contributed by atoms with Gasteiger partial charge in [-0.25, -0.2) is 4.79 Å². The van der Waals surface area contributed by atoms with E-state index in [1.165, 1.54) is 5.56 Å². The van der Waals surface area contributed by atoms with Crippen molar-refractivity contribution < 1.29 is 4.79 Å². The molecule has 0 saturated carbocycles. The van der Waals surface area contributed by atoms with E-state index in [9.17, 15) is 4.79 Å². The van der Waals surface area contributed by atoms with E-state index in [0.717, 1.165) is 50.4 Å². The quantitative estimate of drug-likeness (QED) is 0.857. The van der Waals surface area contributed by atoms with Crippen molar-refractivity contribution in [1.82, 2.24) is 30.2 Å². The van der Waals surface area contributed by atoms with Crippen LogP contribution in [0.3, 0.4) is 0 Å². The van der Waals surface area contributed by atoms with E-state index < -0.39 is 0 Å². The predicted octanol–water partition coefficient (Wildman–Crippen LogP) is 0.880. The number of nitrogens with zero attached hydrogens (tertiary/aromatic N) is 5. The summed E-state index contributed by atoms with van der Waals surface area (Å²) in [5.41, 5.74) is 2.27. The van der Waals surface area contributed by atoms with Crippen molar-refractivity contribution in [2.75, 3.05) is 24.5 Å². The first kappa shape index (κ1) is 15.0. The van der Waals surface area contributed by atoms with Crippen LogP contribution in [-0.4, -0.2) is 56.6 Å². The topological polar surface area (TPSA) is 82.1 Å². The lowest BCUT2D eigenvalue weighted by Crippen LogP contribution is -2.52. The molecule has 2 aliphatic rings. The van der Waals surface area contributed by atoms with Crippen LogP contribution >= 0.6 is 0 Å². The molecule has 2 amide bonds. The fourth-order valence-corrected chi connectivity index (χ4v) is 3.63. The number of carbonyl (C=O) groups excluding carboxylic acids is 1. The van der Waals surface area contributed by atoms with E-state index in [-0.39, 0.29) is 12.1 Å². The summed E-state index contributed by atoms with van der Waals surface area (Å²) in [5, 5.41) is 14.5. The highest BCUT2D eigenvalue weighted by Crippen LogP contribution is 2.20. The second-order valence-electron chi connectivity index (χ2n) is 6.59. The molecule has 0 bridgehead atoms. The smallest absolute Gasteiger partial charge is 0.318 e. The highest BCUT2D eigenvalue weighted by Gasteiger charge is 2.27. The number of hydrogen-bond acceptors (Lipinski definition) is 4. The minimum atomic E-state index is 0.0205. The van der Waals surface area contributed by atoms with Gasteiger partial charge >= 0.3 is 6.03 Å². The minimum Gasteiger partial charge on any atom is -0.355 e. The highest BCUT2D eigenvalue weighted by atomic mass is 16.2. The van der Waals surface area contributed by atoms with Gasteiger partial charge in [-0.05, 0) is 24.8 Å². The Morgan fingerprint density at radius 3 is 3.17 bits per heavy atom. The number of aromatic amines is 1. The van der Waals surface area contributed by atoms with Gasteiger partial charge in [0.05, 0.1) is 24.6 Å². The molecule has 4 heterocycles. The molecular weight excluding hydrogens is 306 g/mol. The molecule has 1 fully saturated rings. The van der Waals surface area contributed by atoms with E-state index in [1.54, 1.807) is 0 Å². The molecule has 1 atom stereocenters. The molecule has 0 aromatic carbocycles. The predicted molar refractivity (Wildman–Crippen MR) is 89.7 cm³/mol. The number of anilines is 1. The molecule has 2 aliphatic heterocycles. The summed E-state index contributed by atoms with van der Waals surface area (Å²) < 4.78 is 1.88.